The van der Waals surface area contributed by atoms with E-state index in [1.807, 2.05) is 0 Å². The molecule has 0 fully saturated rings. The molecule has 1 rings (SSSR count). The highest BCUT2D eigenvalue weighted by atomic mass is 16.1. The number of carbonyl (C=O) groups is 1. The fourth-order valence-electron chi connectivity index (χ4n) is 1.06. The SMILES string of the molecule is CC(C)NCc1cnc(CC(N)=O)[nH]1. The highest BCUT2D eigenvalue weighted by Gasteiger charge is 2.03. The summed E-state index contributed by atoms with van der Waals surface area (Å²) >= 11 is 0. The number of carbonyl (C=O) groups excluding carboxylic acids is 1. The maximum Gasteiger partial charge on any atom is 0.225 e. The first-order chi connectivity index (χ1) is 6.58. The number of primary amides is 1. The summed E-state index contributed by atoms with van der Waals surface area (Å²) in [5.41, 5.74) is 6.01. The van der Waals surface area contributed by atoms with Crippen molar-refractivity contribution in [2.45, 2.75) is 32.9 Å². The molecule has 0 saturated carbocycles. The van der Waals surface area contributed by atoms with Gasteiger partial charge in [-0.25, -0.2) is 4.98 Å². The van der Waals surface area contributed by atoms with Crippen LogP contribution in [-0.2, 0) is 17.8 Å². The first-order valence-corrected chi connectivity index (χ1v) is 4.62. The molecule has 0 aliphatic heterocycles. The van der Waals surface area contributed by atoms with Crippen LogP contribution in [0.15, 0.2) is 6.20 Å². The van der Waals surface area contributed by atoms with Gasteiger partial charge in [0.25, 0.3) is 0 Å². The van der Waals surface area contributed by atoms with Crippen molar-refractivity contribution in [2.24, 2.45) is 5.73 Å². The van der Waals surface area contributed by atoms with Crippen LogP contribution in [-0.4, -0.2) is 21.9 Å². The molecule has 0 saturated heterocycles. The maximum absolute atomic E-state index is 10.6. The summed E-state index contributed by atoms with van der Waals surface area (Å²) in [5, 5.41) is 3.24. The summed E-state index contributed by atoms with van der Waals surface area (Å²) in [6, 6.07) is 0.429. The van der Waals surface area contributed by atoms with Crippen LogP contribution >= 0.6 is 0 Å². The van der Waals surface area contributed by atoms with Gasteiger partial charge >= 0.3 is 0 Å². The van der Waals surface area contributed by atoms with Crippen LogP contribution in [0.25, 0.3) is 0 Å². The molecule has 0 aliphatic rings. The van der Waals surface area contributed by atoms with E-state index in [1.54, 1.807) is 6.20 Å². The van der Waals surface area contributed by atoms with Gasteiger partial charge in [0.1, 0.15) is 5.82 Å². The number of hydrogen-bond acceptors (Lipinski definition) is 3. The van der Waals surface area contributed by atoms with Gasteiger partial charge < -0.3 is 16.0 Å². The molecule has 1 heterocycles. The topological polar surface area (TPSA) is 83.8 Å². The fraction of sp³-hybridized carbons (Fsp3) is 0.556. The monoisotopic (exact) mass is 196 g/mol. The van der Waals surface area contributed by atoms with Gasteiger partial charge in [-0.1, -0.05) is 13.8 Å². The molecule has 0 radical (unpaired) electrons. The van der Waals surface area contributed by atoms with Crippen molar-refractivity contribution in [2.75, 3.05) is 0 Å². The Bertz CT molecular complexity index is 306. The Balaban J connectivity index is 2.46. The summed E-state index contributed by atoms with van der Waals surface area (Å²) in [6.45, 7) is 4.87. The molecule has 5 nitrogen and oxygen atoms in total. The molecule has 1 amide bonds. The second-order valence-electron chi connectivity index (χ2n) is 3.53. The molecule has 4 N–H and O–H groups in total. The third kappa shape index (κ3) is 3.57. The van der Waals surface area contributed by atoms with Gasteiger partial charge in [-0.3, -0.25) is 4.79 Å². The third-order valence-corrected chi connectivity index (χ3v) is 1.72. The van der Waals surface area contributed by atoms with Gasteiger partial charge in [-0.15, -0.1) is 0 Å². The Kier molecular flexibility index (Phi) is 3.64. The zero-order valence-electron chi connectivity index (χ0n) is 8.50. The molecule has 0 bridgehead atoms. The van der Waals surface area contributed by atoms with Gasteiger partial charge in [-0.2, -0.15) is 0 Å². The van der Waals surface area contributed by atoms with Crippen molar-refractivity contribution in [3.8, 4) is 0 Å². The number of nitrogens with two attached hydrogens (primary N) is 1. The minimum atomic E-state index is -0.372. The Hall–Kier alpha value is -1.36. The lowest BCUT2D eigenvalue weighted by atomic mass is 10.3. The van der Waals surface area contributed by atoms with Crippen LogP contribution in [0, 0.1) is 0 Å². The smallest absolute Gasteiger partial charge is 0.225 e. The first kappa shape index (κ1) is 10.7. The molecule has 1 aromatic heterocycles. The number of amides is 1. The number of imidazole rings is 1. The number of nitrogens with zero attached hydrogens (tertiary/aromatic N) is 1. The minimum absolute atomic E-state index is 0.168. The number of H-pyrrole nitrogens is 1. The van der Waals surface area contributed by atoms with Crippen molar-refractivity contribution < 1.29 is 4.79 Å². The van der Waals surface area contributed by atoms with E-state index in [9.17, 15) is 4.79 Å². The summed E-state index contributed by atoms with van der Waals surface area (Å²) in [5.74, 6) is 0.251. The summed E-state index contributed by atoms with van der Waals surface area (Å²) < 4.78 is 0. The second-order valence-corrected chi connectivity index (χ2v) is 3.53. The van der Waals surface area contributed by atoms with Crippen LogP contribution in [0.2, 0.25) is 0 Å². The Morgan fingerprint density at radius 3 is 3.00 bits per heavy atom. The van der Waals surface area contributed by atoms with Crippen LogP contribution in [0.5, 0.6) is 0 Å². The van der Waals surface area contributed by atoms with Gasteiger partial charge in [0.15, 0.2) is 0 Å². The standard InChI is InChI=1S/C9H16N4O/c1-6(2)11-4-7-5-12-9(13-7)3-8(10)14/h5-6,11H,3-4H2,1-2H3,(H2,10,14)(H,12,13). The van der Waals surface area contributed by atoms with Crippen molar-refractivity contribution in [3.63, 3.8) is 0 Å². The van der Waals surface area contributed by atoms with Gasteiger partial charge in [-0.05, 0) is 0 Å². The van der Waals surface area contributed by atoms with Gasteiger partial charge in [0.2, 0.25) is 5.91 Å². The van der Waals surface area contributed by atoms with E-state index < -0.39 is 0 Å². The molecular weight excluding hydrogens is 180 g/mol. The van der Waals surface area contributed by atoms with Gasteiger partial charge in [0, 0.05) is 24.5 Å². The average Bonchev–Trinajstić information content (AvgIpc) is 2.47. The van der Waals surface area contributed by atoms with E-state index in [2.05, 4.69) is 29.1 Å². The van der Waals surface area contributed by atoms with E-state index in [0.717, 1.165) is 12.2 Å². The normalized spacial score (nSPS) is 10.8. The molecule has 1 aromatic rings. The highest BCUT2D eigenvalue weighted by molar-refractivity contribution is 5.75. The molecule has 0 aliphatic carbocycles. The van der Waals surface area contributed by atoms with Crippen LogP contribution in [0.4, 0.5) is 0 Å². The van der Waals surface area contributed by atoms with Crippen molar-refractivity contribution in [3.05, 3.63) is 17.7 Å². The minimum Gasteiger partial charge on any atom is -0.369 e. The van der Waals surface area contributed by atoms with Crippen molar-refractivity contribution in [1.82, 2.24) is 15.3 Å². The average molecular weight is 196 g/mol. The molecule has 0 spiro atoms. The number of rotatable bonds is 5. The van der Waals surface area contributed by atoms with Crippen LogP contribution < -0.4 is 11.1 Å². The van der Waals surface area contributed by atoms with Gasteiger partial charge in [0.05, 0.1) is 6.42 Å². The Labute approximate surface area is 83.1 Å². The summed E-state index contributed by atoms with van der Waals surface area (Å²) in [7, 11) is 0. The number of hydrogen-bond donors (Lipinski definition) is 3. The molecule has 0 aromatic carbocycles. The first-order valence-electron chi connectivity index (χ1n) is 4.62. The zero-order valence-corrected chi connectivity index (χ0v) is 8.50. The largest absolute Gasteiger partial charge is 0.369 e. The number of aromatic nitrogens is 2. The summed E-state index contributed by atoms with van der Waals surface area (Å²) in [6.07, 6.45) is 1.88. The highest BCUT2D eigenvalue weighted by Crippen LogP contribution is 1.97. The van der Waals surface area contributed by atoms with E-state index in [4.69, 9.17) is 5.73 Å². The van der Waals surface area contributed by atoms with E-state index in [-0.39, 0.29) is 12.3 Å². The third-order valence-electron chi connectivity index (χ3n) is 1.72. The zero-order chi connectivity index (χ0) is 10.6. The number of nitrogens with one attached hydrogen (secondary N) is 2. The Morgan fingerprint density at radius 2 is 2.43 bits per heavy atom. The van der Waals surface area contributed by atoms with Crippen LogP contribution in [0.1, 0.15) is 25.4 Å². The quantitative estimate of drug-likeness (QED) is 0.616. The molecule has 0 atom stereocenters. The predicted octanol–water partition coefficient (Wildman–Crippen LogP) is -0.0645. The fourth-order valence-corrected chi connectivity index (χ4v) is 1.06. The lowest BCUT2D eigenvalue weighted by molar-refractivity contribution is -0.117. The maximum atomic E-state index is 10.6. The second kappa shape index (κ2) is 4.76. The van der Waals surface area contributed by atoms with Crippen molar-refractivity contribution in [1.29, 1.82) is 0 Å². The molecule has 5 heteroatoms. The predicted molar refractivity (Wildman–Crippen MR) is 53.5 cm³/mol. The van der Waals surface area contributed by atoms with Crippen LogP contribution in [0.3, 0.4) is 0 Å². The molecule has 0 unspecified atom stereocenters. The lowest BCUT2D eigenvalue weighted by Crippen LogP contribution is -2.22. The van der Waals surface area contributed by atoms with E-state index >= 15 is 0 Å². The lowest BCUT2D eigenvalue weighted by Gasteiger charge is -2.05. The van der Waals surface area contributed by atoms with Crippen molar-refractivity contribution >= 4 is 5.91 Å². The number of aromatic amines is 1. The summed E-state index contributed by atoms with van der Waals surface area (Å²) in [4.78, 5) is 17.7. The van der Waals surface area contributed by atoms with E-state index in [0.29, 0.717) is 11.9 Å². The molecule has 14 heavy (non-hydrogen) atoms. The molecule has 78 valence electrons. The van der Waals surface area contributed by atoms with E-state index in [1.165, 1.54) is 0 Å². The molecular formula is C9H16N4O. The Morgan fingerprint density at radius 1 is 1.71 bits per heavy atom.